The van der Waals surface area contributed by atoms with Gasteiger partial charge in [0, 0.05) is 11.1 Å². The van der Waals surface area contributed by atoms with Crippen LogP contribution in [0.5, 0.6) is 11.5 Å². The Bertz CT molecular complexity index is 644. The van der Waals surface area contributed by atoms with E-state index in [-0.39, 0.29) is 11.5 Å². The molecule has 0 atom stereocenters. The lowest BCUT2D eigenvalue weighted by atomic mass is 10.1. The van der Waals surface area contributed by atoms with Crippen molar-refractivity contribution in [2.24, 2.45) is 10.2 Å². The molecular weight excluding hydrogens is 276 g/mol. The van der Waals surface area contributed by atoms with Crippen LogP contribution in [-0.4, -0.2) is 21.6 Å². The van der Waals surface area contributed by atoms with Crippen molar-refractivity contribution in [3.8, 4) is 11.5 Å². The quantitative estimate of drug-likeness (QED) is 0.644. The summed E-state index contributed by atoms with van der Waals surface area (Å²) in [5.41, 5.74) is 2.78. The predicted octanol–water partition coefficient (Wildman–Crippen LogP) is 4.11. The molecule has 0 radical (unpaired) electrons. The van der Waals surface area contributed by atoms with E-state index in [1.807, 2.05) is 38.1 Å². The summed E-state index contributed by atoms with van der Waals surface area (Å²) in [6.07, 6.45) is 1.30. The average molecular weight is 296 g/mol. The highest BCUT2D eigenvalue weighted by molar-refractivity contribution is 6.05. The number of aromatic hydroxyl groups is 2. The fourth-order valence-corrected chi connectivity index (χ4v) is 2.19. The molecule has 0 saturated heterocycles. The van der Waals surface area contributed by atoms with Crippen molar-refractivity contribution in [2.75, 3.05) is 0 Å². The van der Waals surface area contributed by atoms with Crippen LogP contribution in [0, 0.1) is 0 Å². The normalized spacial score (nSPS) is 12.5. The van der Waals surface area contributed by atoms with Crippen molar-refractivity contribution < 1.29 is 10.2 Å². The third-order valence-corrected chi connectivity index (χ3v) is 3.39. The molecule has 0 fully saturated rings. The largest absolute Gasteiger partial charge is 0.507 e. The predicted molar refractivity (Wildman–Crippen MR) is 89.9 cm³/mol. The zero-order valence-corrected chi connectivity index (χ0v) is 12.8. The summed E-state index contributed by atoms with van der Waals surface area (Å²) < 4.78 is 0. The molecule has 0 amide bonds. The Morgan fingerprint density at radius 1 is 0.727 bits per heavy atom. The lowest BCUT2D eigenvalue weighted by Gasteiger charge is -2.07. The van der Waals surface area contributed by atoms with Crippen LogP contribution in [0.2, 0.25) is 0 Å². The van der Waals surface area contributed by atoms with Gasteiger partial charge in [-0.1, -0.05) is 38.1 Å². The first kappa shape index (κ1) is 15.8. The van der Waals surface area contributed by atoms with Gasteiger partial charge < -0.3 is 10.2 Å². The SMILES string of the molecule is CC/C(=N/N=C(/CC)c1ccccc1O)c1ccccc1O. The number of nitrogens with zero attached hydrogens (tertiary/aromatic N) is 2. The maximum atomic E-state index is 9.93. The number of rotatable bonds is 5. The molecule has 0 aliphatic rings. The van der Waals surface area contributed by atoms with Crippen LogP contribution in [0.25, 0.3) is 0 Å². The summed E-state index contributed by atoms with van der Waals surface area (Å²) in [4.78, 5) is 0. The Morgan fingerprint density at radius 3 is 1.41 bits per heavy atom. The maximum absolute atomic E-state index is 9.93. The summed E-state index contributed by atoms with van der Waals surface area (Å²) in [5.74, 6) is 0.387. The molecule has 2 aromatic rings. The highest BCUT2D eigenvalue weighted by Crippen LogP contribution is 2.20. The molecule has 0 unspecified atom stereocenters. The summed E-state index contributed by atoms with van der Waals surface area (Å²) in [7, 11) is 0. The van der Waals surface area contributed by atoms with Gasteiger partial charge in [-0.05, 0) is 37.1 Å². The van der Waals surface area contributed by atoms with Crippen molar-refractivity contribution in [2.45, 2.75) is 26.7 Å². The Hall–Kier alpha value is -2.62. The van der Waals surface area contributed by atoms with Crippen LogP contribution < -0.4 is 0 Å². The van der Waals surface area contributed by atoms with Crippen LogP contribution >= 0.6 is 0 Å². The van der Waals surface area contributed by atoms with Crippen LogP contribution in [0.3, 0.4) is 0 Å². The number of phenols is 2. The molecule has 0 aliphatic heterocycles. The van der Waals surface area contributed by atoms with Crippen LogP contribution in [0.1, 0.15) is 37.8 Å². The van der Waals surface area contributed by atoms with Gasteiger partial charge in [0.15, 0.2) is 0 Å². The highest BCUT2D eigenvalue weighted by Gasteiger charge is 2.08. The molecule has 4 heteroatoms. The van der Waals surface area contributed by atoms with Gasteiger partial charge >= 0.3 is 0 Å². The van der Waals surface area contributed by atoms with E-state index in [1.54, 1.807) is 24.3 Å². The minimum absolute atomic E-state index is 0.193. The van der Waals surface area contributed by atoms with Gasteiger partial charge in [-0.25, -0.2) is 0 Å². The van der Waals surface area contributed by atoms with E-state index in [2.05, 4.69) is 10.2 Å². The van der Waals surface area contributed by atoms with E-state index in [1.165, 1.54) is 0 Å². The minimum Gasteiger partial charge on any atom is -0.507 e. The van der Waals surface area contributed by atoms with E-state index in [4.69, 9.17) is 0 Å². The molecular formula is C18H20N2O2. The Kier molecular flexibility index (Phi) is 5.31. The van der Waals surface area contributed by atoms with Crippen molar-refractivity contribution in [1.29, 1.82) is 0 Å². The summed E-state index contributed by atoms with van der Waals surface area (Å²) in [6, 6.07) is 14.2. The van der Waals surface area contributed by atoms with Gasteiger partial charge in [-0.2, -0.15) is 10.2 Å². The van der Waals surface area contributed by atoms with Crippen molar-refractivity contribution >= 4 is 11.4 Å². The molecule has 0 bridgehead atoms. The van der Waals surface area contributed by atoms with Gasteiger partial charge in [0.2, 0.25) is 0 Å². The lowest BCUT2D eigenvalue weighted by molar-refractivity contribution is 0.473. The molecule has 0 spiro atoms. The molecule has 2 aromatic carbocycles. The second-order valence-electron chi connectivity index (χ2n) is 4.83. The smallest absolute Gasteiger partial charge is 0.124 e. The number of hydrogen-bond donors (Lipinski definition) is 2. The van der Waals surface area contributed by atoms with Gasteiger partial charge in [0.05, 0.1) is 11.4 Å². The standard InChI is InChI=1S/C18H20N2O2/c1-3-15(13-9-5-7-11-17(13)21)19-20-16(4-2)14-10-6-8-12-18(14)22/h5-12,21-22H,3-4H2,1-2H3/b19-15-,20-16-. The summed E-state index contributed by atoms with van der Waals surface area (Å²) >= 11 is 0. The van der Waals surface area contributed by atoms with Crippen molar-refractivity contribution in [3.05, 3.63) is 59.7 Å². The second-order valence-corrected chi connectivity index (χ2v) is 4.83. The van der Waals surface area contributed by atoms with Gasteiger partial charge in [0.1, 0.15) is 11.5 Å². The number of hydrogen-bond acceptors (Lipinski definition) is 4. The lowest BCUT2D eigenvalue weighted by Crippen LogP contribution is -2.02. The van der Waals surface area contributed by atoms with Crippen LogP contribution in [-0.2, 0) is 0 Å². The third-order valence-electron chi connectivity index (χ3n) is 3.39. The second kappa shape index (κ2) is 7.41. The van der Waals surface area contributed by atoms with E-state index >= 15 is 0 Å². The monoisotopic (exact) mass is 296 g/mol. The minimum atomic E-state index is 0.193. The number of phenolic OH excluding ortho intramolecular Hbond substituents is 2. The fourth-order valence-electron chi connectivity index (χ4n) is 2.19. The van der Waals surface area contributed by atoms with Gasteiger partial charge in [-0.3, -0.25) is 0 Å². The Balaban J connectivity index is 2.41. The molecule has 4 nitrogen and oxygen atoms in total. The molecule has 22 heavy (non-hydrogen) atoms. The molecule has 0 saturated carbocycles. The van der Waals surface area contributed by atoms with E-state index in [0.29, 0.717) is 35.4 Å². The van der Waals surface area contributed by atoms with Crippen LogP contribution in [0.4, 0.5) is 0 Å². The van der Waals surface area contributed by atoms with Gasteiger partial charge in [0.25, 0.3) is 0 Å². The molecule has 114 valence electrons. The topological polar surface area (TPSA) is 65.2 Å². The number of para-hydroxylation sites is 2. The van der Waals surface area contributed by atoms with Crippen molar-refractivity contribution in [3.63, 3.8) is 0 Å². The number of benzene rings is 2. The van der Waals surface area contributed by atoms with E-state index < -0.39 is 0 Å². The average Bonchev–Trinajstić information content (AvgIpc) is 2.54. The maximum Gasteiger partial charge on any atom is 0.124 e. The summed E-state index contributed by atoms with van der Waals surface area (Å²) in [6.45, 7) is 3.93. The zero-order valence-electron chi connectivity index (χ0n) is 12.8. The molecule has 0 heterocycles. The third kappa shape index (κ3) is 3.52. The molecule has 0 aliphatic carbocycles. The first-order valence-corrected chi connectivity index (χ1v) is 7.37. The Labute approximate surface area is 130 Å². The van der Waals surface area contributed by atoms with Gasteiger partial charge in [-0.15, -0.1) is 0 Å². The van der Waals surface area contributed by atoms with Crippen molar-refractivity contribution in [1.82, 2.24) is 0 Å². The first-order chi connectivity index (χ1) is 10.7. The molecule has 0 aromatic heterocycles. The van der Waals surface area contributed by atoms with E-state index in [0.717, 1.165) is 0 Å². The summed E-state index contributed by atoms with van der Waals surface area (Å²) in [5, 5.41) is 28.4. The van der Waals surface area contributed by atoms with E-state index in [9.17, 15) is 10.2 Å². The zero-order chi connectivity index (χ0) is 15.9. The molecule has 2 N–H and O–H groups in total. The fraction of sp³-hybridized carbons (Fsp3) is 0.222. The first-order valence-electron chi connectivity index (χ1n) is 7.37. The Morgan fingerprint density at radius 2 is 1.09 bits per heavy atom. The van der Waals surface area contributed by atoms with Crippen LogP contribution in [0.15, 0.2) is 58.7 Å². The molecule has 2 rings (SSSR count). The highest BCUT2D eigenvalue weighted by atomic mass is 16.3.